The van der Waals surface area contributed by atoms with Crippen LogP contribution in [0.3, 0.4) is 0 Å². The second kappa shape index (κ2) is 7.24. The van der Waals surface area contributed by atoms with E-state index >= 15 is 0 Å². The maximum atomic E-state index is 11.6. The lowest BCUT2D eigenvalue weighted by molar-refractivity contribution is -0.124. The van der Waals surface area contributed by atoms with Gasteiger partial charge >= 0.3 is 0 Å². The quantitative estimate of drug-likeness (QED) is 0.735. The molecule has 19 heavy (non-hydrogen) atoms. The minimum Gasteiger partial charge on any atom is -0.482 e. The highest BCUT2D eigenvalue weighted by molar-refractivity contribution is 5.77. The van der Waals surface area contributed by atoms with Crippen molar-refractivity contribution in [2.75, 3.05) is 26.1 Å². The third kappa shape index (κ3) is 4.85. The molecule has 1 aromatic carbocycles. The molecule has 0 fully saturated rings. The number of nitriles is 1. The van der Waals surface area contributed by atoms with Crippen LogP contribution in [-0.2, 0) is 9.53 Å². The van der Waals surface area contributed by atoms with Crippen molar-refractivity contribution in [3.8, 4) is 11.8 Å². The van der Waals surface area contributed by atoms with Gasteiger partial charge in [0.1, 0.15) is 11.8 Å². The molecule has 0 aliphatic heterocycles. The Hall–Kier alpha value is -2.26. The van der Waals surface area contributed by atoms with Crippen LogP contribution in [0.1, 0.15) is 12.5 Å². The molecule has 3 N–H and O–H groups in total. The summed E-state index contributed by atoms with van der Waals surface area (Å²) in [5, 5.41) is 11.6. The molecule has 0 aromatic heterocycles. The van der Waals surface area contributed by atoms with Crippen LogP contribution in [0.15, 0.2) is 18.2 Å². The number of hydrogen-bond acceptors (Lipinski definition) is 5. The maximum Gasteiger partial charge on any atom is 0.258 e. The Morgan fingerprint density at radius 1 is 1.58 bits per heavy atom. The van der Waals surface area contributed by atoms with Crippen molar-refractivity contribution in [3.05, 3.63) is 23.8 Å². The number of benzene rings is 1. The fourth-order valence-electron chi connectivity index (χ4n) is 1.51. The minimum absolute atomic E-state index is 0.0945. The van der Waals surface area contributed by atoms with Gasteiger partial charge in [-0.05, 0) is 25.1 Å². The number of ether oxygens (including phenoxy) is 2. The molecule has 1 unspecified atom stereocenters. The average molecular weight is 263 g/mol. The Morgan fingerprint density at radius 2 is 2.32 bits per heavy atom. The predicted molar refractivity (Wildman–Crippen MR) is 70.5 cm³/mol. The molecule has 1 amide bonds. The van der Waals surface area contributed by atoms with Crippen LogP contribution in [0.4, 0.5) is 5.69 Å². The van der Waals surface area contributed by atoms with Crippen molar-refractivity contribution in [1.29, 1.82) is 5.26 Å². The highest BCUT2D eigenvalue weighted by Crippen LogP contribution is 2.20. The number of nitrogens with zero attached hydrogens (tertiary/aromatic N) is 1. The topological polar surface area (TPSA) is 97.4 Å². The molecule has 1 rings (SSSR count). The van der Waals surface area contributed by atoms with Crippen LogP contribution < -0.4 is 15.8 Å². The van der Waals surface area contributed by atoms with Gasteiger partial charge in [0.2, 0.25) is 0 Å². The summed E-state index contributed by atoms with van der Waals surface area (Å²) < 4.78 is 10.2. The molecule has 1 aromatic rings. The van der Waals surface area contributed by atoms with E-state index in [0.717, 1.165) is 0 Å². The molecule has 102 valence electrons. The third-order valence-electron chi connectivity index (χ3n) is 2.31. The standard InChI is InChI=1S/C13H17N3O3/c1-9(7-18-2)16-13(17)8-19-12-4-3-11(15)5-10(12)6-14/h3-5,9H,7-8,15H2,1-2H3,(H,16,17). The van der Waals surface area contributed by atoms with Crippen LogP contribution in [0, 0.1) is 11.3 Å². The monoisotopic (exact) mass is 263 g/mol. The van der Waals surface area contributed by atoms with Crippen LogP contribution in [0.25, 0.3) is 0 Å². The molecule has 0 radical (unpaired) electrons. The number of hydrogen-bond donors (Lipinski definition) is 2. The molecule has 6 heteroatoms. The summed E-state index contributed by atoms with van der Waals surface area (Å²) in [6.45, 7) is 2.09. The molecule has 0 saturated heterocycles. The first-order valence-corrected chi connectivity index (χ1v) is 5.77. The van der Waals surface area contributed by atoms with Crippen molar-refractivity contribution in [3.63, 3.8) is 0 Å². The highest BCUT2D eigenvalue weighted by Gasteiger charge is 2.09. The van der Waals surface area contributed by atoms with E-state index in [4.69, 9.17) is 20.5 Å². The Bertz CT molecular complexity index is 483. The van der Waals surface area contributed by atoms with Gasteiger partial charge in [0, 0.05) is 18.8 Å². The Labute approximate surface area is 112 Å². The van der Waals surface area contributed by atoms with Crippen molar-refractivity contribution < 1.29 is 14.3 Å². The molecule has 0 aliphatic rings. The van der Waals surface area contributed by atoms with E-state index in [0.29, 0.717) is 23.6 Å². The Morgan fingerprint density at radius 3 is 2.95 bits per heavy atom. The average Bonchev–Trinajstić information content (AvgIpc) is 2.37. The zero-order valence-electron chi connectivity index (χ0n) is 11.0. The van der Waals surface area contributed by atoms with Gasteiger partial charge in [0.15, 0.2) is 6.61 Å². The predicted octanol–water partition coefficient (Wildman–Crippen LogP) is 0.670. The lowest BCUT2D eigenvalue weighted by Crippen LogP contribution is -2.38. The highest BCUT2D eigenvalue weighted by atomic mass is 16.5. The lowest BCUT2D eigenvalue weighted by Gasteiger charge is -2.13. The Balaban J connectivity index is 2.53. The first-order chi connectivity index (χ1) is 9.06. The van der Waals surface area contributed by atoms with Crippen molar-refractivity contribution in [2.45, 2.75) is 13.0 Å². The van der Waals surface area contributed by atoms with Crippen LogP contribution in [-0.4, -0.2) is 32.3 Å². The molecule has 1 atom stereocenters. The molecule has 6 nitrogen and oxygen atoms in total. The fraction of sp³-hybridized carbons (Fsp3) is 0.385. The number of methoxy groups -OCH3 is 1. The Kier molecular flexibility index (Phi) is 5.64. The zero-order chi connectivity index (χ0) is 14.3. The SMILES string of the molecule is COCC(C)NC(=O)COc1ccc(N)cc1C#N. The second-order valence-corrected chi connectivity index (χ2v) is 4.08. The molecule has 0 heterocycles. The van der Waals surface area contributed by atoms with Crippen LogP contribution in [0.2, 0.25) is 0 Å². The molecular formula is C13H17N3O3. The van der Waals surface area contributed by atoms with Gasteiger partial charge in [-0.2, -0.15) is 5.26 Å². The number of nitrogen functional groups attached to an aromatic ring is 1. The maximum absolute atomic E-state index is 11.6. The zero-order valence-corrected chi connectivity index (χ0v) is 11.0. The number of nitrogens with one attached hydrogen (secondary N) is 1. The lowest BCUT2D eigenvalue weighted by atomic mass is 10.2. The van der Waals surface area contributed by atoms with Gasteiger partial charge in [-0.1, -0.05) is 0 Å². The van der Waals surface area contributed by atoms with Crippen molar-refractivity contribution in [2.24, 2.45) is 0 Å². The first-order valence-electron chi connectivity index (χ1n) is 5.77. The molecule has 0 saturated carbocycles. The van der Waals surface area contributed by atoms with E-state index < -0.39 is 0 Å². The van der Waals surface area contributed by atoms with Gasteiger partial charge < -0.3 is 20.5 Å². The minimum atomic E-state index is -0.273. The van der Waals surface area contributed by atoms with Gasteiger partial charge in [0.25, 0.3) is 5.91 Å². The number of amides is 1. The van der Waals surface area contributed by atoms with E-state index in [1.54, 1.807) is 19.2 Å². The fourth-order valence-corrected chi connectivity index (χ4v) is 1.51. The van der Waals surface area contributed by atoms with Crippen LogP contribution in [0.5, 0.6) is 5.75 Å². The first kappa shape index (κ1) is 14.8. The van der Waals surface area contributed by atoms with E-state index in [1.807, 2.05) is 13.0 Å². The number of carbonyl (C=O) groups excluding carboxylic acids is 1. The third-order valence-corrected chi connectivity index (χ3v) is 2.31. The van der Waals surface area contributed by atoms with Crippen LogP contribution >= 0.6 is 0 Å². The number of nitrogens with two attached hydrogens (primary N) is 1. The van der Waals surface area contributed by atoms with Gasteiger partial charge in [-0.3, -0.25) is 4.79 Å². The summed E-state index contributed by atoms with van der Waals surface area (Å²) in [5.41, 5.74) is 6.34. The van der Waals surface area contributed by atoms with Crippen molar-refractivity contribution in [1.82, 2.24) is 5.32 Å². The molecule has 0 aliphatic carbocycles. The smallest absolute Gasteiger partial charge is 0.258 e. The summed E-state index contributed by atoms with van der Waals surface area (Å²) in [4.78, 5) is 11.6. The normalized spacial score (nSPS) is 11.4. The number of carbonyl (C=O) groups is 1. The summed E-state index contributed by atoms with van der Waals surface area (Å²) in [6, 6.07) is 6.55. The largest absolute Gasteiger partial charge is 0.482 e. The number of rotatable bonds is 6. The summed E-state index contributed by atoms with van der Waals surface area (Å²) in [5.74, 6) is 0.0662. The second-order valence-electron chi connectivity index (χ2n) is 4.08. The van der Waals surface area contributed by atoms with Gasteiger partial charge in [-0.25, -0.2) is 0 Å². The molecular weight excluding hydrogens is 246 g/mol. The van der Waals surface area contributed by atoms with E-state index in [9.17, 15) is 4.79 Å². The molecule has 0 bridgehead atoms. The van der Waals surface area contributed by atoms with E-state index in [1.165, 1.54) is 6.07 Å². The van der Waals surface area contributed by atoms with E-state index in [2.05, 4.69) is 5.32 Å². The van der Waals surface area contributed by atoms with Gasteiger partial charge in [-0.15, -0.1) is 0 Å². The molecule has 0 spiro atoms. The number of anilines is 1. The van der Waals surface area contributed by atoms with E-state index in [-0.39, 0.29) is 18.6 Å². The summed E-state index contributed by atoms with van der Waals surface area (Å²) in [7, 11) is 1.56. The summed E-state index contributed by atoms with van der Waals surface area (Å²) >= 11 is 0. The van der Waals surface area contributed by atoms with Gasteiger partial charge in [0.05, 0.1) is 12.2 Å². The summed E-state index contributed by atoms with van der Waals surface area (Å²) in [6.07, 6.45) is 0. The van der Waals surface area contributed by atoms with Crippen molar-refractivity contribution >= 4 is 11.6 Å².